The standard InChI is InChI=1S/C10H9BrClFO/c1-2-3-10(14)6-4-8(12)7(11)5-9(6)13/h4-5H,2-3H2,1H3. The molecule has 0 saturated heterocycles. The Kier molecular flexibility index (Phi) is 4.08. The van der Waals surface area contributed by atoms with Gasteiger partial charge in [0.25, 0.3) is 0 Å². The molecule has 0 spiro atoms. The summed E-state index contributed by atoms with van der Waals surface area (Å²) in [5, 5.41) is 0.353. The molecular formula is C10H9BrClFO. The second-order valence-electron chi connectivity index (χ2n) is 2.92. The third-order valence-electron chi connectivity index (χ3n) is 1.79. The molecule has 0 aliphatic carbocycles. The summed E-state index contributed by atoms with van der Waals surface area (Å²) in [6, 6.07) is 2.57. The Morgan fingerprint density at radius 3 is 2.79 bits per heavy atom. The Morgan fingerprint density at radius 2 is 2.21 bits per heavy atom. The highest BCUT2D eigenvalue weighted by atomic mass is 79.9. The van der Waals surface area contributed by atoms with Crippen molar-refractivity contribution in [3.8, 4) is 0 Å². The maximum Gasteiger partial charge on any atom is 0.165 e. The van der Waals surface area contributed by atoms with Gasteiger partial charge in [0.2, 0.25) is 0 Å². The van der Waals surface area contributed by atoms with Crippen molar-refractivity contribution in [2.75, 3.05) is 0 Å². The molecular weight excluding hydrogens is 270 g/mol. The molecule has 1 rings (SSSR count). The molecule has 0 aliphatic rings. The van der Waals surface area contributed by atoms with E-state index in [2.05, 4.69) is 15.9 Å². The van der Waals surface area contributed by atoms with Gasteiger partial charge in [-0.3, -0.25) is 4.79 Å². The van der Waals surface area contributed by atoms with Crippen LogP contribution in [0.2, 0.25) is 5.02 Å². The number of ketones is 1. The van der Waals surface area contributed by atoms with E-state index in [9.17, 15) is 9.18 Å². The van der Waals surface area contributed by atoms with Crippen molar-refractivity contribution in [2.24, 2.45) is 0 Å². The first-order valence-corrected chi connectivity index (χ1v) is 5.41. The van der Waals surface area contributed by atoms with Crippen LogP contribution in [0.25, 0.3) is 0 Å². The monoisotopic (exact) mass is 278 g/mol. The van der Waals surface area contributed by atoms with Gasteiger partial charge in [-0.05, 0) is 34.5 Å². The van der Waals surface area contributed by atoms with Crippen molar-refractivity contribution in [1.29, 1.82) is 0 Å². The SMILES string of the molecule is CCCC(=O)c1cc(Cl)c(Br)cc1F. The van der Waals surface area contributed by atoms with Crippen LogP contribution >= 0.6 is 27.5 Å². The van der Waals surface area contributed by atoms with Crippen LogP contribution in [0.5, 0.6) is 0 Å². The highest BCUT2D eigenvalue weighted by Crippen LogP contribution is 2.26. The van der Waals surface area contributed by atoms with Gasteiger partial charge in [-0.2, -0.15) is 0 Å². The van der Waals surface area contributed by atoms with Crippen LogP contribution in [-0.4, -0.2) is 5.78 Å². The third kappa shape index (κ3) is 2.55. The predicted octanol–water partition coefficient (Wildman–Crippen LogP) is 4.22. The fourth-order valence-corrected chi connectivity index (χ4v) is 1.58. The summed E-state index contributed by atoms with van der Waals surface area (Å²) in [4.78, 5) is 11.4. The Labute approximate surface area is 95.4 Å². The lowest BCUT2D eigenvalue weighted by Gasteiger charge is -2.03. The van der Waals surface area contributed by atoms with Gasteiger partial charge in [0, 0.05) is 10.9 Å². The molecule has 1 nitrogen and oxygen atoms in total. The number of benzene rings is 1. The number of carbonyl (C=O) groups is 1. The maximum atomic E-state index is 13.3. The number of hydrogen-bond acceptors (Lipinski definition) is 1. The Morgan fingerprint density at radius 1 is 1.57 bits per heavy atom. The van der Waals surface area contributed by atoms with Gasteiger partial charge in [-0.15, -0.1) is 0 Å². The van der Waals surface area contributed by atoms with Crippen LogP contribution in [0.3, 0.4) is 0 Å². The minimum absolute atomic E-state index is 0.0695. The molecule has 76 valence electrons. The number of rotatable bonds is 3. The zero-order valence-corrected chi connectivity index (χ0v) is 9.95. The summed E-state index contributed by atoms with van der Waals surface area (Å²) in [5.74, 6) is -0.737. The molecule has 4 heteroatoms. The lowest BCUT2D eigenvalue weighted by molar-refractivity contribution is 0.0978. The van der Waals surface area contributed by atoms with Crippen molar-refractivity contribution in [3.05, 3.63) is 33.0 Å². The molecule has 0 fully saturated rings. The topological polar surface area (TPSA) is 17.1 Å². The van der Waals surface area contributed by atoms with Crippen LogP contribution in [-0.2, 0) is 0 Å². The molecule has 0 aliphatic heterocycles. The normalized spacial score (nSPS) is 10.3. The molecule has 1 aromatic rings. The Hall–Kier alpha value is -0.410. The van der Waals surface area contributed by atoms with Gasteiger partial charge >= 0.3 is 0 Å². The highest BCUT2D eigenvalue weighted by molar-refractivity contribution is 9.10. The van der Waals surface area contributed by atoms with Gasteiger partial charge in [0.05, 0.1) is 10.6 Å². The van der Waals surface area contributed by atoms with Gasteiger partial charge in [0.15, 0.2) is 5.78 Å². The zero-order chi connectivity index (χ0) is 10.7. The maximum absolute atomic E-state index is 13.3. The minimum atomic E-state index is -0.528. The van der Waals surface area contributed by atoms with Crippen molar-refractivity contribution < 1.29 is 9.18 Å². The number of halogens is 3. The second-order valence-corrected chi connectivity index (χ2v) is 4.18. The third-order valence-corrected chi connectivity index (χ3v) is 2.98. The van der Waals surface area contributed by atoms with E-state index in [0.29, 0.717) is 22.3 Å². The van der Waals surface area contributed by atoms with E-state index in [1.54, 1.807) is 0 Å². The first-order chi connectivity index (χ1) is 6.56. The lowest BCUT2D eigenvalue weighted by Crippen LogP contribution is -2.01. The molecule has 0 heterocycles. The molecule has 0 radical (unpaired) electrons. The van der Waals surface area contributed by atoms with Crippen LogP contribution in [0.15, 0.2) is 16.6 Å². The molecule has 0 N–H and O–H groups in total. The summed E-state index contributed by atoms with van der Waals surface area (Å²) < 4.78 is 13.8. The van der Waals surface area contributed by atoms with E-state index < -0.39 is 5.82 Å². The first kappa shape index (κ1) is 11.7. The van der Waals surface area contributed by atoms with Crippen LogP contribution in [0.4, 0.5) is 4.39 Å². The molecule has 0 aromatic heterocycles. The molecule has 0 atom stereocenters. The van der Waals surface area contributed by atoms with Gasteiger partial charge < -0.3 is 0 Å². The molecule has 0 amide bonds. The average molecular weight is 280 g/mol. The largest absolute Gasteiger partial charge is 0.294 e. The Bertz CT molecular complexity index is 365. The summed E-state index contributed by atoms with van der Waals surface area (Å²) in [6.45, 7) is 1.87. The van der Waals surface area contributed by atoms with Crippen molar-refractivity contribution >= 4 is 33.3 Å². The summed E-state index contributed by atoms with van der Waals surface area (Å²) in [5.41, 5.74) is 0.0695. The van der Waals surface area contributed by atoms with Crippen molar-refractivity contribution in [3.63, 3.8) is 0 Å². The number of Topliss-reactive ketones (excluding diaryl/α,β-unsaturated/α-hetero) is 1. The Balaban J connectivity index is 3.09. The minimum Gasteiger partial charge on any atom is -0.294 e. The fraction of sp³-hybridized carbons (Fsp3) is 0.300. The van der Waals surface area contributed by atoms with Crippen LogP contribution in [0.1, 0.15) is 30.1 Å². The van der Waals surface area contributed by atoms with Crippen molar-refractivity contribution in [2.45, 2.75) is 19.8 Å². The zero-order valence-electron chi connectivity index (χ0n) is 7.61. The summed E-state index contributed by atoms with van der Waals surface area (Å²) in [7, 11) is 0. The predicted molar refractivity (Wildman–Crippen MR) is 58.3 cm³/mol. The summed E-state index contributed by atoms with van der Waals surface area (Å²) in [6.07, 6.45) is 1.04. The summed E-state index contributed by atoms with van der Waals surface area (Å²) >= 11 is 8.85. The highest BCUT2D eigenvalue weighted by Gasteiger charge is 2.13. The second kappa shape index (κ2) is 4.89. The lowest BCUT2D eigenvalue weighted by atomic mass is 10.1. The van der Waals surface area contributed by atoms with Gasteiger partial charge in [-0.25, -0.2) is 4.39 Å². The van der Waals surface area contributed by atoms with Crippen LogP contribution < -0.4 is 0 Å². The van der Waals surface area contributed by atoms with E-state index in [1.807, 2.05) is 6.92 Å². The van der Waals surface area contributed by atoms with Gasteiger partial charge in [0.1, 0.15) is 5.82 Å². The van der Waals surface area contributed by atoms with E-state index >= 15 is 0 Å². The average Bonchev–Trinajstić information content (AvgIpc) is 2.11. The van der Waals surface area contributed by atoms with Crippen molar-refractivity contribution in [1.82, 2.24) is 0 Å². The molecule has 0 unspecified atom stereocenters. The molecule has 0 bridgehead atoms. The first-order valence-electron chi connectivity index (χ1n) is 4.24. The van der Waals surface area contributed by atoms with E-state index in [4.69, 9.17) is 11.6 Å². The van der Waals surface area contributed by atoms with Gasteiger partial charge in [-0.1, -0.05) is 18.5 Å². The van der Waals surface area contributed by atoms with E-state index in [0.717, 1.165) is 0 Å². The number of hydrogen-bond donors (Lipinski definition) is 0. The van der Waals surface area contributed by atoms with E-state index in [-0.39, 0.29) is 11.3 Å². The quantitative estimate of drug-likeness (QED) is 0.598. The fourth-order valence-electron chi connectivity index (χ4n) is 1.10. The molecule has 0 saturated carbocycles. The van der Waals surface area contributed by atoms with E-state index in [1.165, 1.54) is 12.1 Å². The smallest absolute Gasteiger partial charge is 0.165 e. The number of carbonyl (C=O) groups excluding carboxylic acids is 1. The molecule has 1 aromatic carbocycles. The molecule has 14 heavy (non-hydrogen) atoms. The van der Waals surface area contributed by atoms with Crippen LogP contribution in [0, 0.1) is 5.82 Å².